The van der Waals surface area contributed by atoms with E-state index in [2.05, 4.69) is 16.7 Å². The Kier molecular flexibility index (Phi) is 8.64. The molecule has 0 aliphatic carbocycles. The van der Waals surface area contributed by atoms with Crippen LogP contribution in [-0.4, -0.2) is 46.8 Å². The van der Waals surface area contributed by atoms with Gasteiger partial charge in [-0.2, -0.15) is 15.1 Å². The van der Waals surface area contributed by atoms with Crippen LogP contribution in [-0.2, 0) is 11.2 Å². The van der Waals surface area contributed by atoms with E-state index in [9.17, 15) is 4.79 Å². The SMILES string of the molecule is C=CCc1ccccc1OCCOc1ccc(/C=C2/C(=N)N3N=C(c4ccc(C)cc4)SC3=NC2=O)cc1OCC. The Morgan fingerprint density at radius 3 is 2.49 bits per heavy atom. The topological polar surface area (TPSA) is 96.6 Å². The first-order valence-electron chi connectivity index (χ1n) is 13.3. The first-order chi connectivity index (χ1) is 20.0. The van der Waals surface area contributed by atoms with Crippen LogP contribution < -0.4 is 14.2 Å². The molecule has 1 amide bonds. The molecule has 0 atom stereocenters. The molecule has 3 aromatic rings. The summed E-state index contributed by atoms with van der Waals surface area (Å²) in [7, 11) is 0. The normalized spacial score (nSPS) is 15.4. The summed E-state index contributed by atoms with van der Waals surface area (Å²) in [4.78, 5) is 17.1. The number of nitrogens with zero attached hydrogens (tertiary/aromatic N) is 3. The summed E-state index contributed by atoms with van der Waals surface area (Å²) in [6.07, 6.45) is 4.20. The number of ether oxygens (including phenoxy) is 3. The molecule has 2 aliphatic heterocycles. The van der Waals surface area contributed by atoms with E-state index in [-0.39, 0.29) is 11.4 Å². The zero-order chi connectivity index (χ0) is 28.8. The first kappa shape index (κ1) is 27.9. The zero-order valence-corrected chi connectivity index (χ0v) is 23.7. The number of aryl methyl sites for hydroxylation is 1. The fraction of sp³-hybridized carbons (Fsp3) is 0.188. The molecule has 8 nitrogen and oxygen atoms in total. The maximum Gasteiger partial charge on any atom is 0.283 e. The second-order valence-electron chi connectivity index (χ2n) is 9.23. The minimum atomic E-state index is -0.485. The maximum absolute atomic E-state index is 12.9. The van der Waals surface area contributed by atoms with E-state index in [1.165, 1.54) is 16.8 Å². The van der Waals surface area contributed by atoms with Gasteiger partial charge < -0.3 is 14.2 Å². The van der Waals surface area contributed by atoms with Gasteiger partial charge in [0.25, 0.3) is 5.91 Å². The van der Waals surface area contributed by atoms with Gasteiger partial charge >= 0.3 is 0 Å². The number of amidine groups is 2. The Morgan fingerprint density at radius 2 is 1.73 bits per heavy atom. The van der Waals surface area contributed by atoms with Gasteiger partial charge in [0, 0.05) is 5.56 Å². The first-order valence-corrected chi connectivity index (χ1v) is 14.1. The van der Waals surface area contributed by atoms with Crippen molar-refractivity contribution in [3.63, 3.8) is 0 Å². The second-order valence-corrected chi connectivity index (χ2v) is 10.2. The van der Waals surface area contributed by atoms with Crippen LogP contribution in [0, 0.1) is 12.3 Å². The molecule has 208 valence electrons. The summed E-state index contributed by atoms with van der Waals surface area (Å²) in [5.74, 6) is 1.39. The van der Waals surface area contributed by atoms with Crippen LogP contribution in [0.4, 0.5) is 0 Å². The highest BCUT2D eigenvalue weighted by Gasteiger charge is 2.36. The number of hydrogen-bond donors (Lipinski definition) is 1. The molecule has 2 heterocycles. The quantitative estimate of drug-likeness (QED) is 0.168. The van der Waals surface area contributed by atoms with Crippen LogP contribution in [0.1, 0.15) is 29.2 Å². The van der Waals surface area contributed by atoms with Crippen molar-refractivity contribution in [2.24, 2.45) is 10.1 Å². The number of nitrogens with one attached hydrogen (secondary N) is 1. The van der Waals surface area contributed by atoms with Gasteiger partial charge in [-0.25, -0.2) is 0 Å². The lowest BCUT2D eigenvalue weighted by Gasteiger charge is -2.20. The predicted molar refractivity (Wildman–Crippen MR) is 164 cm³/mol. The second kappa shape index (κ2) is 12.7. The van der Waals surface area contributed by atoms with Crippen molar-refractivity contribution in [3.05, 3.63) is 107 Å². The van der Waals surface area contributed by atoms with E-state index < -0.39 is 5.91 Å². The standard InChI is InChI=1S/C32H30N4O4S/c1-4-8-23-9-6-7-10-26(23)39-17-18-40-27-16-13-22(20-28(27)38-5-2)19-25-29(33)36-32(34-30(25)37)41-31(35-36)24-14-11-21(3)12-15-24/h4,6-7,9-16,19-20,33H,1,5,8,17-18H2,2-3H3/b25-19-,33-29?. The number of hydrogen-bond acceptors (Lipinski definition) is 7. The summed E-state index contributed by atoms with van der Waals surface area (Å²) in [6.45, 7) is 8.82. The van der Waals surface area contributed by atoms with Crippen LogP contribution in [0.3, 0.4) is 0 Å². The molecule has 0 unspecified atom stereocenters. The molecule has 0 saturated heterocycles. The van der Waals surface area contributed by atoms with E-state index in [4.69, 9.17) is 19.6 Å². The van der Waals surface area contributed by atoms with Crippen LogP contribution in [0.25, 0.3) is 6.08 Å². The molecule has 0 saturated carbocycles. The Morgan fingerprint density at radius 1 is 0.976 bits per heavy atom. The number of amides is 1. The van der Waals surface area contributed by atoms with Crippen molar-refractivity contribution in [3.8, 4) is 17.2 Å². The molecule has 0 radical (unpaired) electrons. The lowest BCUT2D eigenvalue weighted by molar-refractivity contribution is -0.114. The lowest BCUT2D eigenvalue weighted by atomic mass is 10.1. The summed E-state index contributed by atoms with van der Waals surface area (Å²) >= 11 is 1.28. The smallest absolute Gasteiger partial charge is 0.283 e. The van der Waals surface area contributed by atoms with Gasteiger partial charge in [0.1, 0.15) is 24.0 Å². The highest BCUT2D eigenvalue weighted by molar-refractivity contribution is 8.27. The Balaban J connectivity index is 1.29. The third kappa shape index (κ3) is 6.41. The Bertz CT molecular complexity index is 1580. The van der Waals surface area contributed by atoms with Crippen LogP contribution in [0.5, 0.6) is 17.2 Å². The van der Waals surface area contributed by atoms with Crippen LogP contribution >= 0.6 is 11.8 Å². The minimum absolute atomic E-state index is 0.0261. The molecule has 0 fully saturated rings. The number of aliphatic imine (C=N–C) groups is 1. The molecule has 1 N–H and O–H groups in total. The van der Waals surface area contributed by atoms with Crippen molar-refractivity contribution in [1.82, 2.24) is 5.01 Å². The molecular weight excluding hydrogens is 536 g/mol. The van der Waals surface area contributed by atoms with Crippen molar-refractivity contribution in [2.75, 3.05) is 19.8 Å². The van der Waals surface area contributed by atoms with Gasteiger partial charge in [-0.05, 0) is 67.4 Å². The summed E-state index contributed by atoms with van der Waals surface area (Å²) < 4.78 is 17.7. The molecule has 5 rings (SSSR count). The minimum Gasteiger partial charge on any atom is -0.490 e. The van der Waals surface area contributed by atoms with Crippen LogP contribution in [0.2, 0.25) is 0 Å². The van der Waals surface area contributed by atoms with Gasteiger partial charge in [0.15, 0.2) is 17.3 Å². The third-order valence-electron chi connectivity index (χ3n) is 6.27. The maximum atomic E-state index is 12.9. The van der Waals surface area contributed by atoms with E-state index >= 15 is 0 Å². The van der Waals surface area contributed by atoms with Gasteiger partial charge in [0.2, 0.25) is 5.17 Å². The fourth-order valence-electron chi connectivity index (χ4n) is 4.25. The molecule has 2 aliphatic rings. The van der Waals surface area contributed by atoms with E-state index in [1.807, 2.05) is 74.5 Å². The number of benzene rings is 3. The third-order valence-corrected chi connectivity index (χ3v) is 7.22. The largest absolute Gasteiger partial charge is 0.490 e. The predicted octanol–water partition coefficient (Wildman–Crippen LogP) is 6.25. The summed E-state index contributed by atoms with van der Waals surface area (Å²) in [5.41, 5.74) is 3.94. The van der Waals surface area contributed by atoms with Gasteiger partial charge in [0.05, 0.1) is 12.2 Å². The lowest BCUT2D eigenvalue weighted by Crippen LogP contribution is -2.35. The highest BCUT2D eigenvalue weighted by Crippen LogP contribution is 2.33. The van der Waals surface area contributed by atoms with Crippen molar-refractivity contribution < 1.29 is 19.0 Å². The molecule has 0 spiro atoms. The molecule has 3 aromatic carbocycles. The monoisotopic (exact) mass is 566 g/mol. The Hall–Kier alpha value is -4.63. The van der Waals surface area contributed by atoms with Crippen molar-refractivity contribution in [1.29, 1.82) is 5.41 Å². The number of allylic oxidation sites excluding steroid dienone is 1. The van der Waals surface area contributed by atoms with Gasteiger partial charge in [-0.15, -0.1) is 6.58 Å². The average Bonchev–Trinajstić information content (AvgIpc) is 3.40. The van der Waals surface area contributed by atoms with E-state index in [0.717, 1.165) is 28.9 Å². The van der Waals surface area contributed by atoms with Crippen LogP contribution in [0.15, 0.2) is 95.1 Å². The number of rotatable bonds is 11. The van der Waals surface area contributed by atoms with E-state index in [0.29, 0.717) is 47.1 Å². The average molecular weight is 567 g/mol. The number of carbonyl (C=O) groups excluding carboxylic acids is 1. The number of carbonyl (C=O) groups is 1. The Labute approximate surface area is 243 Å². The summed E-state index contributed by atoms with van der Waals surface area (Å²) in [6, 6.07) is 21.2. The zero-order valence-electron chi connectivity index (χ0n) is 22.9. The molecule has 9 heteroatoms. The molecular formula is C32H30N4O4S. The number of thioether (sulfide) groups is 1. The molecule has 0 aromatic heterocycles. The number of para-hydroxylation sites is 1. The summed E-state index contributed by atoms with van der Waals surface area (Å²) in [5, 5.41) is 15.7. The number of fused-ring (bicyclic) bond motifs is 1. The molecule has 41 heavy (non-hydrogen) atoms. The number of hydrazone groups is 1. The van der Waals surface area contributed by atoms with E-state index in [1.54, 1.807) is 18.2 Å². The molecule has 0 bridgehead atoms. The van der Waals surface area contributed by atoms with Gasteiger partial charge in [-0.3, -0.25) is 10.2 Å². The fourth-order valence-corrected chi connectivity index (χ4v) is 5.14. The highest BCUT2D eigenvalue weighted by atomic mass is 32.2. The van der Waals surface area contributed by atoms with Crippen molar-refractivity contribution in [2.45, 2.75) is 20.3 Å². The van der Waals surface area contributed by atoms with Crippen molar-refractivity contribution >= 4 is 39.8 Å². The van der Waals surface area contributed by atoms with Gasteiger partial charge in [-0.1, -0.05) is 60.2 Å².